The van der Waals surface area contributed by atoms with Gasteiger partial charge >= 0.3 is 0 Å². The highest BCUT2D eigenvalue weighted by Gasteiger charge is 2.10. The summed E-state index contributed by atoms with van der Waals surface area (Å²) in [6.07, 6.45) is 1.62. The van der Waals surface area contributed by atoms with Gasteiger partial charge in [-0.1, -0.05) is 42.5 Å². The van der Waals surface area contributed by atoms with Gasteiger partial charge in [-0.3, -0.25) is 4.79 Å². The van der Waals surface area contributed by atoms with Crippen LogP contribution in [0.3, 0.4) is 0 Å². The summed E-state index contributed by atoms with van der Waals surface area (Å²) in [5.41, 5.74) is 10.4. The molecule has 2 aromatic rings. The number of anilines is 1. The Hall–Kier alpha value is -2.13. The second-order valence-electron chi connectivity index (χ2n) is 4.33. The van der Waals surface area contributed by atoms with Crippen LogP contribution in [0.5, 0.6) is 0 Å². The summed E-state index contributed by atoms with van der Waals surface area (Å²) in [5.74, 6) is 0. The SMILES string of the molecule is COCCc1cccc(-c2ccccc2C=O)c1N. The third kappa shape index (κ3) is 2.83. The van der Waals surface area contributed by atoms with E-state index in [0.717, 1.165) is 29.4 Å². The van der Waals surface area contributed by atoms with Crippen LogP contribution in [0.4, 0.5) is 5.69 Å². The zero-order valence-corrected chi connectivity index (χ0v) is 10.9. The Morgan fingerprint density at radius 2 is 1.84 bits per heavy atom. The van der Waals surface area contributed by atoms with Crippen LogP contribution in [0.1, 0.15) is 15.9 Å². The van der Waals surface area contributed by atoms with Gasteiger partial charge in [0.25, 0.3) is 0 Å². The van der Waals surface area contributed by atoms with Crippen LogP contribution in [-0.2, 0) is 11.2 Å². The molecule has 3 nitrogen and oxygen atoms in total. The van der Waals surface area contributed by atoms with Gasteiger partial charge in [-0.2, -0.15) is 0 Å². The van der Waals surface area contributed by atoms with Gasteiger partial charge in [-0.25, -0.2) is 0 Å². The fourth-order valence-corrected chi connectivity index (χ4v) is 2.12. The van der Waals surface area contributed by atoms with Gasteiger partial charge in [0.15, 0.2) is 6.29 Å². The molecular weight excluding hydrogens is 238 g/mol. The maximum Gasteiger partial charge on any atom is 0.150 e. The Balaban J connectivity index is 2.47. The van der Waals surface area contributed by atoms with Gasteiger partial charge in [0.2, 0.25) is 0 Å². The van der Waals surface area contributed by atoms with E-state index in [1.807, 2.05) is 36.4 Å². The average molecular weight is 255 g/mol. The minimum Gasteiger partial charge on any atom is -0.398 e. The lowest BCUT2D eigenvalue weighted by Gasteiger charge is -2.12. The third-order valence-electron chi connectivity index (χ3n) is 3.15. The second kappa shape index (κ2) is 6.16. The average Bonchev–Trinajstić information content (AvgIpc) is 2.46. The summed E-state index contributed by atoms with van der Waals surface area (Å²) in [5, 5.41) is 0. The molecule has 3 heteroatoms. The van der Waals surface area contributed by atoms with Crippen LogP contribution in [0, 0.1) is 0 Å². The summed E-state index contributed by atoms with van der Waals surface area (Å²) < 4.78 is 5.08. The standard InChI is InChI=1S/C16H17NO2/c1-19-10-9-12-6-4-8-15(16(12)17)14-7-3-2-5-13(14)11-18/h2-8,11H,9-10,17H2,1H3. The molecule has 0 bridgehead atoms. The zero-order valence-electron chi connectivity index (χ0n) is 10.9. The minimum absolute atomic E-state index is 0.628. The van der Waals surface area contributed by atoms with Crippen molar-refractivity contribution in [2.45, 2.75) is 6.42 Å². The van der Waals surface area contributed by atoms with E-state index < -0.39 is 0 Å². The van der Waals surface area contributed by atoms with Crippen molar-refractivity contribution in [2.24, 2.45) is 0 Å². The topological polar surface area (TPSA) is 52.3 Å². The molecular formula is C16H17NO2. The number of aldehydes is 1. The lowest BCUT2D eigenvalue weighted by Crippen LogP contribution is -2.02. The van der Waals surface area contributed by atoms with E-state index in [1.165, 1.54) is 0 Å². The zero-order chi connectivity index (χ0) is 13.7. The number of methoxy groups -OCH3 is 1. The monoisotopic (exact) mass is 255 g/mol. The van der Waals surface area contributed by atoms with Crippen molar-refractivity contribution in [3.63, 3.8) is 0 Å². The van der Waals surface area contributed by atoms with Crippen LogP contribution in [0.2, 0.25) is 0 Å². The number of hydrogen-bond acceptors (Lipinski definition) is 3. The van der Waals surface area contributed by atoms with Gasteiger partial charge in [0.05, 0.1) is 6.61 Å². The van der Waals surface area contributed by atoms with E-state index >= 15 is 0 Å². The van der Waals surface area contributed by atoms with Crippen molar-refractivity contribution >= 4 is 12.0 Å². The molecule has 98 valence electrons. The van der Waals surface area contributed by atoms with Crippen molar-refractivity contribution in [3.05, 3.63) is 53.6 Å². The first-order valence-corrected chi connectivity index (χ1v) is 6.18. The summed E-state index contributed by atoms with van der Waals surface area (Å²) >= 11 is 0. The number of carbonyl (C=O) groups is 1. The summed E-state index contributed by atoms with van der Waals surface area (Å²) in [7, 11) is 1.67. The Kier molecular flexibility index (Phi) is 4.31. The molecule has 2 aromatic carbocycles. The van der Waals surface area contributed by atoms with Gasteiger partial charge in [-0.15, -0.1) is 0 Å². The van der Waals surface area contributed by atoms with E-state index in [9.17, 15) is 4.79 Å². The largest absolute Gasteiger partial charge is 0.398 e. The highest BCUT2D eigenvalue weighted by molar-refractivity contribution is 5.91. The number of hydrogen-bond donors (Lipinski definition) is 1. The van der Waals surface area contributed by atoms with Gasteiger partial charge in [-0.05, 0) is 17.5 Å². The van der Waals surface area contributed by atoms with E-state index in [0.29, 0.717) is 17.9 Å². The summed E-state index contributed by atoms with van der Waals surface area (Å²) in [4.78, 5) is 11.1. The lowest BCUT2D eigenvalue weighted by atomic mass is 9.96. The van der Waals surface area contributed by atoms with Crippen molar-refractivity contribution < 1.29 is 9.53 Å². The summed E-state index contributed by atoms with van der Waals surface area (Å²) in [6.45, 7) is 0.628. The van der Waals surface area contributed by atoms with E-state index in [1.54, 1.807) is 13.2 Å². The highest BCUT2D eigenvalue weighted by Crippen LogP contribution is 2.30. The number of carbonyl (C=O) groups excluding carboxylic acids is 1. The van der Waals surface area contributed by atoms with Crippen LogP contribution in [0.15, 0.2) is 42.5 Å². The maximum absolute atomic E-state index is 11.1. The Morgan fingerprint density at radius 3 is 2.58 bits per heavy atom. The number of benzene rings is 2. The highest BCUT2D eigenvalue weighted by atomic mass is 16.5. The van der Waals surface area contributed by atoms with E-state index in [-0.39, 0.29) is 0 Å². The molecule has 0 amide bonds. The van der Waals surface area contributed by atoms with Crippen LogP contribution in [-0.4, -0.2) is 20.0 Å². The number of ether oxygens (including phenoxy) is 1. The van der Waals surface area contributed by atoms with E-state index in [2.05, 4.69) is 0 Å². The van der Waals surface area contributed by atoms with Crippen LogP contribution < -0.4 is 5.73 Å². The predicted molar refractivity (Wildman–Crippen MR) is 77.3 cm³/mol. The third-order valence-corrected chi connectivity index (χ3v) is 3.15. The molecule has 0 unspecified atom stereocenters. The first-order valence-electron chi connectivity index (χ1n) is 6.18. The smallest absolute Gasteiger partial charge is 0.150 e. The fraction of sp³-hybridized carbons (Fsp3) is 0.188. The number of nitrogens with two attached hydrogens (primary N) is 1. The quantitative estimate of drug-likeness (QED) is 0.660. The number of para-hydroxylation sites is 1. The lowest BCUT2D eigenvalue weighted by molar-refractivity contribution is 0.112. The molecule has 0 radical (unpaired) electrons. The van der Waals surface area contributed by atoms with E-state index in [4.69, 9.17) is 10.5 Å². The molecule has 0 atom stereocenters. The maximum atomic E-state index is 11.1. The normalized spacial score (nSPS) is 10.4. The molecule has 0 saturated carbocycles. The van der Waals surface area contributed by atoms with Crippen molar-refractivity contribution in [1.29, 1.82) is 0 Å². The molecule has 0 saturated heterocycles. The molecule has 0 aromatic heterocycles. The molecule has 0 fully saturated rings. The van der Waals surface area contributed by atoms with Crippen molar-refractivity contribution in [2.75, 3.05) is 19.5 Å². The molecule has 2 rings (SSSR count). The predicted octanol–water partition coefficient (Wildman–Crippen LogP) is 2.94. The molecule has 2 N–H and O–H groups in total. The van der Waals surface area contributed by atoms with Crippen LogP contribution in [0.25, 0.3) is 11.1 Å². The fourth-order valence-electron chi connectivity index (χ4n) is 2.12. The molecule has 0 heterocycles. The molecule has 0 aliphatic carbocycles. The van der Waals surface area contributed by atoms with Crippen molar-refractivity contribution in [3.8, 4) is 11.1 Å². The van der Waals surface area contributed by atoms with Crippen molar-refractivity contribution in [1.82, 2.24) is 0 Å². The molecule has 19 heavy (non-hydrogen) atoms. The molecule has 0 spiro atoms. The molecule has 0 aliphatic rings. The first-order chi connectivity index (χ1) is 9.27. The molecule has 0 aliphatic heterocycles. The Bertz CT molecular complexity index is 579. The van der Waals surface area contributed by atoms with Gasteiger partial charge < -0.3 is 10.5 Å². The minimum atomic E-state index is 0.628. The van der Waals surface area contributed by atoms with Gasteiger partial charge in [0.1, 0.15) is 0 Å². The first kappa shape index (κ1) is 13.3. The van der Waals surface area contributed by atoms with Gasteiger partial charge in [0, 0.05) is 23.9 Å². The second-order valence-corrected chi connectivity index (χ2v) is 4.33. The Labute approximate surface area is 113 Å². The summed E-state index contributed by atoms with van der Waals surface area (Å²) in [6, 6.07) is 13.3. The number of nitrogen functional groups attached to an aromatic ring is 1. The number of rotatable bonds is 5. The Morgan fingerprint density at radius 1 is 1.11 bits per heavy atom. The van der Waals surface area contributed by atoms with Crippen LogP contribution >= 0.6 is 0 Å².